The van der Waals surface area contributed by atoms with Gasteiger partial charge in [0.2, 0.25) is 0 Å². The Hall–Kier alpha value is -2.88. The first-order valence-electron chi connectivity index (χ1n) is 10.8. The number of likely N-dealkylation sites (N-methyl/N-ethyl adjacent to an activating group) is 2. The molecule has 0 amide bonds. The maximum Gasteiger partial charge on any atom is 0.269 e. The third-order valence-corrected chi connectivity index (χ3v) is 4.67. The summed E-state index contributed by atoms with van der Waals surface area (Å²) in [6.07, 6.45) is 0. The maximum atomic E-state index is 10.4. The molecule has 0 fully saturated rings. The highest BCUT2D eigenvalue weighted by Crippen LogP contribution is 2.17. The predicted molar refractivity (Wildman–Crippen MR) is 134 cm³/mol. The van der Waals surface area contributed by atoms with Gasteiger partial charge in [-0.3, -0.25) is 10.1 Å². The largest absolute Gasteiger partial charge is 0.492 e. The molecule has 0 aliphatic carbocycles. The molecule has 3 N–H and O–H groups in total. The summed E-state index contributed by atoms with van der Waals surface area (Å²) in [4.78, 5) is 14.2. The highest BCUT2D eigenvalue weighted by Gasteiger charge is 2.07. The van der Waals surface area contributed by atoms with Gasteiger partial charge >= 0.3 is 0 Å². The minimum Gasteiger partial charge on any atom is -0.492 e. The highest BCUT2D eigenvalue weighted by molar-refractivity contribution is 5.41. The van der Waals surface area contributed by atoms with Crippen molar-refractivity contribution in [2.24, 2.45) is 0 Å². The van der Waals surface area contributed by atoms with E-state index in [-0.39, 0.29) is 12.3 Å². The van der Waals surface area contributed by atoms with Crippen LogP contribution in [0.4, 0.5) is 11.4 Å². The SMILES string of the molecule is CC(COc1ccc(N)cc1)N(C)C.CC(COc1ccc([N+](=O)[O-])cc1)N(C)C.CCO. The van der Waals surface area contributed by atoms with Crippen LogP contribution in [0.3, 0.4) is 0 Å². The van der Waals surface area contributed by atoms with E-state index >= 15 is 0 Å². The highest BCUT2D eigenvalue weighted by atomic mass is 16.6. The Kier molecular flexibility index (Phi) is 15.3. The number of hydrogen-bond donors (Lipinski definition) is 2. The Morgan fingerprint density at radius 1 is 0.879 bits per heavy atom. The molecule has 0 aliphatic rings. The van der Waals surface area contributed by atoms with Crippen molar-refractivity contribution < 1.29 is 19.5 Å². The fraction of sp³-hybridized carbons (Fsp3) is 0.500. The van der Waals surface area contributed by atoms with Crippen molar-refractivity contribution in [2.75, 3.05) is 53.7 Å². The zero-order valence-corrected chi connectivity index (χ0v) is 20.9. The number of ether oxygens (including phenoxy) is 2. The molecule has 0 spiro atoms. The van der Waals surface area contributed by atoms with Gasteiger partial charge in [-0.05, 0) is 85.4 Å². The molecular formula is C24H40N4O5. The van der Waals surface area contributed by atoms with Gasteiger partial charge in [-0.15, -0.1) is 0 Å². The van der Waals surface area contributed by atoms with Gasteiger partial charge in [-0.1, -0.05) is 0 Å². The molecule has 0 heterocycles. The number of hydrogen-bond acceptors (Lipinski definition) is 8. The Bertz CT molecular complexity index is 767. The van der Waals surface area contributed by atoms with Crippen LogP contribution >= 0.6 is 0 Å². The van der Waals surface area contributed by atoms with Gasteiger partial charge in [-0.2, -0.15) is 0 Å². The van der Waals surface area contributed by atoms with Crippen molar-refractivity contribution in [1.82, 2.24) is 9.80 Å². The van der Waals surface area contributed by atoms with Crippen LogP contribution in [0, 0.1) is 10.1 Å². The van der Waals surface area contributed by atoms with Gasteiger partial charge in [0.15, 0.2) is 0 Å². The van der Waals surface area contributed by atoms with Crippen molar-refractivity contribution in [3.05, 3.63) is 58.6 Å². The van der Waals surface area contributed by atoms with Crippen molar-refractivity contribution in [3.8, 4) is 11.5 Å². The molecule has 9 heteroatoms. The summed E-state index contributed by atoms with van der Waals surface area (Å²) in [5.74, 6) is 1.52. The van der Waals surface area contributed by atoms with Crippen molar-refractivity contribution in [2.45, 2.75) is 32.9 Å². The van der Waals surface area contributed by atoms with Crippen molar-refractivity contribution in [1.29, 1.82) is 0 Å². The number of anilines is 1. The van der Waals surface area contributed by atoms with E-state index in [1.54, 1.807) is 19.1 Å². The van der Waals surface area contributed by atoms with Gasteiger partial charge in [0.1, 0.15) is 24.7 Å². The van der Waals surface area contributed by atoms with Crippen LogP contribution in [0.15, 0.2) is 48.5 Å². The molecule has 0 saturated carbocycles. The number of benzene rings is 2. The monoisotopic (exact) mass is 464 g/mol. The number of non-ortho nitro benzene ring substituents is 1. The number of aliphatic hydroxyl groups is 1. The molecule has 186 valence electrons. The summed E-state index contributed by atoms with van der Waals surface area (Å²) in [5.41, 5.74) is 6.41. The van der Waals surface area contributed by atoms with Crippen molar-refractivity contribution >= 4 is 11.4 Å². The summed E-state index contributed by atoms with van der Waals surface area (Å²) in [6, 6.07) is 14.3. The molecule has 0 saturated heterocycles. The number of nitrogens with two attached hydrogens (primary N) is 1. The number of aliphatic hydroxyl groups excluding tert-OH is 1. The van der Waals surface area contributed by atoms with Gasteiger partial charge < -0.3 is 30.1 Å². The van der Waals surface area contributed by atoms with Crippen LogP contribution < -0.4 is 15.2 Å². The Balaban J connectivity index is 0.000000558. The lowest BCUT2D eigenvalue weighted by Crippen LogP contribution is -2.30. The molecule has 0 bridgehead atoms. The zero-order chi connectivity index (χ0) is 25.4. The number of nitrogen functional groups attached to an aromatic ring is 1. The summed E-state index contributed by atoms with van der Waals surface area (Å²) in [5, 5.41) is 18.0. The lowest BCUT2D eigenvalue weighted by atomic mass is 10.3. The second-order valence-corrected chi connectivity index (χ2v) is 7.88. The number of rotatable bonds is 9. The average Bonchev–Trinajstić information content (AvgIpc) is 2.78. The average molecular weight is 465 g/mol. The summed E-state index contributed by atoms with van der Waals surface area (Å²) in [6.45, 7) is 7.35. The van der Waals surface area contributed by atoms with E-state index in [4.69, 9.17) is 20.3 Å². The first-order valence-corrected chi connectivity index (χ1v) is 10.8. The zero-order valence-electron chi connectivity index (χ0n) is 20.9. The Morgan fingerprint density at radius 2 is 1.21 bits per heavy atom. The molecular weight excluding hydrogens is 424 g/mol. The van der Waals surface area contributed by atoms with Gasteiger partial charge in [0.05, 0.1) is 4.92 Å². The number of nitrogens with zero attached hydrogens (tertiary/aromatic N) is 3. The number of nitro groups is 1. The van der Waals surface area contributed by atoms with Crippen LogP contribution in [0.25, 0.3) is 0 Å². The van der Waals surface area contributed by atoms with E-state index in [1.807, 2.05) is 64.3 Å². The topological polar surface area (TPSA) is 114 Å². The quantitative estimate of drug-likeness (QED) is 0.329. The molecule has 0 aliphatic heterocycles. The predicted octanol–water partition coefficient (Wildman–Crippen LogP) is 3.52. The second kappa shape index (κ2) is 16.7. The van der Waals surface area contributed by atoms with E-state index in [2.05, 4.69) is 11.8 Å². The molecule has 2 rings (SSSR count). The lowest BCUT2D eigenvalue weighted by Gasteiger charge is -2.19. The van der Waals surface area contributed by atoms with Crippen LogP contribution in [-0.4, -0.2) is 79.9 Å². The molecule has 2 atom stereocenters. The summed E-state index contributed by atoms with van der Waals surface area (Å²) in [7, 11) is 8.03. The van der Waals surface area contributed by atoms with Crippen LogP contribution in [-0.2, 0) is 0 Å². The van der Waals surface area contributed by atoms with E-state index < -0.39 is 4.92 Å². The molecule has 2 aromatic carbocycles. The molecule has 0 radical (unpaired) electrons. The first-order chi connectivity index (χ1) is 15.5. The fourth-order valence-electron chi connectivity index (χ4n) is 1.96. The molecule has 0 aromatic heterocycles. The maximum absolute atomic E-state index is 10.4. The fourth-order valence-corrected chi connectivity index (χ4v) is 1.96. The smallest absolute Gasteiger partial charge is 0.269 e. The molecule has 33 heavy (non-hydrogen) atoms. The summed E-state index contributed by atoms with van der Waals surface area (Å²) < 4.78 is 11.1. The number of nitro benzene ring substituents is 1. The standard InChI is InChI=1S/C11H16N2O3.C11H18N2O.C2H6O/c1-9(12(2)3)8-16-11-6-4-10(5-7-11)13(14)15;1-9(13(2)3)8-14-11-6-4-10(12)5-7-11;1-2-3/h4-7,9H,8H2,1-3H3;4-7,9H,8,12H2,1-3H3;3H,2H2,1H3. The van der Waals surface area contributed by atoms with E-state index in [9.17, 15) is 10.1 Å². The van der Waals surface area contributed by atoms with E-state index in [1.165, 1.54) is 12.1 Å². The normalized spacial score (nSPS) is 12.1. The third-order valence-electron chi connectivity index (χ3n) is 4.67. The van der Waals surface area contributed by atoms with Gasteiger partial charge in [0, 0.05) is 36.5 Å². The molecule has 9 nitrogen and oxygen atoms in total. The van der Waals surface area contributed by atoms with E-state index in [0.29, 0.717) is 31.0 Å². The Morgan fingerprint density at radius 3 is 1.52 bits per heavy atom. The lowest BCUT2D eigenvalue weighted by molar-refractivity contribution is -0.384. The van der Waals surface area contributed by atoms with Crippen LogP contribution in [0.1, 0.15) is 20.8 Å². The molecule has 2 unspecified atom stereocenters. The van der Waals surface area contributed by atoms with Crippen molar-refractivity contribution in [3.63, 3.8) is 0 Å². The minimum atomic E-state index is -0.424. The summed E-state index contributed by atoms with van der Waals surface area (Å²) >= 11 is 0. The first kappa shape index (κ1) is 30.1. The second-order valence-electron chi connectivity index (χ2n) is 7.88. The minimum absolute atomic E-state index is 0.0769. The van der Waals surface area contributed by atoms with Crippen LogP contribution in [0.2, 0.25) is 0 Å². The van der Waals surface area contributed by atoms with Crippen LogP contribution in [0.5, 0.6) is 11.5 Å². The van der Waals surface area contributed by atoms with Gasteiger partial charge in [0.25, 0.3) is 5.69 Å². The van der Waals surface area contributed by atoms with Gasteiger partial charge in [-0.25, -0.2) is 0 Å². The van der Waals surface area contributed by atoms with E-state index in [0.717, 1.165) is 11.4 Å². The Labute approximate surface area is 197 Å². The third kappa shape index (κ3) is 14.0. The molecule has 2 aromatic rings.